The van der Waals surface area contributed by atoms with Gasteiger partial charge in [-0.15, -0.1) is 0 Å². The van der Waals surface area contributed by atoms with E-state index in [-0.39, 0.29) is 11.3 Å². The molecule has 0 saturated heterocycles. The van der Waals surface area contributed by atoms with Gasteiger partial charge in [-0.25, -0.2) is 0 Å². The number of carbonyl (C=O) groups excluding carboxylic acids is 1. The predicted molar refractivity (Wildman–Crippen MR) is 71.6 cm³/mol. The molecule has 0 unspecified atom stereocenters. The zero-order chi connectivity index (χ0) is 13.6. The molecule has 1 fully saturated rings. The second kappa shape index (κ2) is 6.75. The number of nitrogens with two attached hydrogens (primary N) is 1. The Bertz CT molecular complexity index is 310. The van der Waals surface area contributed by atoms with Crippen LogP contribution >= 0.6 is 0 Å². The Kier molecular flexibility index (Phi) is 5.61. The van der Waals surface area contributed by atoms with Gasteiger partial charge in [-0.2, -0.15) is 5.26 Å². The van der Waals surface area contributed by atoms with Gasteiger partial charge in [0, 0.05) is 19.5 Å². The minimum Gasteiger partial charge on any atom is -0.341 e. The van der Waals surface area contributed by atoms with Gasteiger partial charge in [-0.05, 0) is 30.7 Å². The molecule has 102 valence electrons. The summed E-state index contributed by atoms with van der Waals surface area (Å²) in [4.78, 5) is 14.1. The molecule has 0 atom stereocenters. The van der Waals surface area contributed by atoms with Crippen LogP contribution in [0.25, 0.3) is 0 Å². The van der Waals surface area contributed by atoms with Gasteiger partial charge in [-0.3, -0.25) is 4.79 Å². The molecule has 0 aliphatic heterocycles. The van der Waals surface area contributed by atoms with Crippen molar-refractivity contribution >= 4 is 5.91 Å². The van der Waals surface area contributed by atoms with Gasteiger partial charge in [0.1, 0.15) is 0 Å². The number of nitriles is 1. The third kappa shape index (κ3) is 3.99. The van der Waals surface area contributed by atoms with Crippen LogP contribution in [0, 0.1) is 22.7 Å². The largest absolute Gasteiger partial charge is 0.341 e. The fraction of sp³-hybridized carbons (Fsp3) is 0.857. The lowest BCUT2D eigenvalue weighted by atomic mass is 9.66. The average Bonchev–Trinajstić information content (AvgIpc) is 2.28. The highest BCUT2D eigenvalue weighted by Crippen LogP contribution is 2.43. The van der Waals surface area contributed by atoms with Gasteiger partial charge >= 0.3 is 0 Å². The molecule has 0 spiro atoms. The first-order valence-corrected chi connectivity index (χ1v) is 6.88. The molecule has 18 heavy (non-hydrogen) atoms. The molecule has 4 heteroatoms. The topological polar surface area (TPSA) is 70.1 Å². The minimum atomic E-state index is 0.0545. The summed E-state index contributed by atoms with van der Waals surface area (Å²) in [6.07, 6.45) is 4.30. The third-order valence-electron chi connectivity index (χ3n) is 3.81. The maximum absolute atomic E-state index is 12.3. The summed E-state index contributed by atoms with van der Waals surface area (Å²) in [7, 11) is 0. The number of carbonyl (C=O) groups is 1. The summed E-state index contributed by atoms with van der Waals surface area (Å²) in [5, 5.41) is 8.66. The van der Waals surface area contributed by atoms with E-state index >= 15 is 0 Å². The molecule has 0 heterocycles. The predicted octanol–water partition coefficient (Wildman–Crippen LogP) is 1.90. The number of amides is 1. The van der Waals surface area contributed by atoms with Crippen LogP contribution in [0.3, 0.4) is 0 Å². The van der Waals surface area contributed by atoms with E-state index < -0.39 is 0 Å². The number of nitrogens with zero attached hydrogens (tertiary/aromatic N) is 2. The van der Waals surface area contributed by atoms with Crippen molar-refractivity contribution in [3.63, 3.8) is 0 Å². The Morgan fingerprint density at radius 3 is 2.56 bits per heavy atom. The van der Waals surface area contributed by atoms with Gasteiger partial charge in [0.15, 0.2) is 0 Å². The van der Waals surface area contributed by atoms with Crippen LogP contribution in [0.2, 0.25) is 0 Å². The molecule has 1 rings (SSSR count). The smallest absolute Gasteiger partial charge is 0.223 e. The van der Waals surface area contributed by atoms with E-state index in [0.29, 0.717) is 31.8 Å². The molecule has 0 aromatic heterocycles. The molecule has 0 bridgehead atoms. The first-order chi connectivity index (χ1) is 8.53. The molecule has 0 aromatic carbocycles. The van der Waals surface area contributed by atoms with Crippen molar-refractivity contribution in [3.05, 3.63) is 0 Å². The van der Waals surface area contributed by atoms with E-state index in [1.807, 2.05) is 4.90 Å². The molecule has 1 aliphatic rings. The lowest BCUT2D eigenvalue weighted by Crippen LogP contribution is -2.44. The number of rotatable bonds is 7. The monoisotopic (exact) mass is 251 g/mol. The maximum atomic E-state index is 12.3. The van der Waals surface area contributed by atoms with Crippen molar-refractivity contribution in [1.82, 2.24) is 4.90 Å². The minimum absolute atomic E-state index is 0.0545. The summed E-state index contributed by atoms with van der Waals surface area (Å²) in [5.41, 5.74) is 5.85. The van der Waals surface area contributed by atoms with E-state index in [9.17, 15) is 4.79 Å². The van der Waals surface area contributed by atoms with Crippen LogP contribution in [0.4, 0.5) is 0 Å². The molecular formula is C14H25N3O. The van der Waals surface area contributed by atoms with Crippen LogP contribution in [0.5, 0.6) is 0 Å². The lowest BCUT2D eigenvalue weighted by Gasteiger charge is -2.41. The molecule has 0 radical (unpaired) electrons. The van der Waals surface area contributed by atoms with Crippen LogP contribution in [-0.4, -0.2) is 30.4 Å². The van der Waals surface area contributed by atoms with Crippen LogP contribution in [0.1, 0.15) is 46.0 Å². The van der Waals surface area contributed by atoms with Gasteiger partial charge in [-0.1, -0.05) is 20.3 Å². The fourth-order valence-corrected chi connectivity index (χ4v) is 2.51. The van der Waals surface area contributed by atoms with E-state index in [4.69, 9.17) is 11.0 Å². The van der Waals surface area contributed by atoms with Crippen molar-refractivity contribution in [2.75, 3.05) is 19.6 Å². The number of hydrogen-bond donors (Lipinski definition) is 1. The highest BCUT2D eigenvalue weighted by molar-refractivity contribution is 5.77. The molecule has 1 amide bonds. The Hall–Kier alpha value is -1.08. The van der Waals surface area contributed by atoms with E-state index in [2.05, 4.69) is 19.9 Å². The van der Waals surface area contributed by atoms with Gasteiger partial charge in [0.05, 0.1) is 12.5 Å². The summed E-state index contributed by atoms with van der Waals surface area (Å²) in [5.74, 6) is 0.604. The maximum Gasteiger partial charge on any atom is 0.223 e. The second-order valence-corrected chi connectivity index (χ2v) is 5.88. The second-order valence-electron chi connectivity index (χ2n) is 5.88. The first kappa shape index (κ1) is 15.0. The summed E-state index contributed by atoms with van der Waals surface area (Å²) in [6, 6.07) is 2.11. The Balaban J connectivity index is 2.55. The highest BCUT2D eigenvalue weighted by atomic mass is 16.2. The fourth-order valence-electron chi connectivity index (χ4n) is 2.51. The molecule has 4 nitrogen and oxygen atoms in total. The Labute approximate surface area is 110 Å². The van der Waals surface area contributed by atoms with Gasteiger partial charge in [0.25, 0.3) is 0 Å². The summed E-state index contributed by atoms with van der Waals surface area (Å²) >= 11 is 0. The van der Waals surface area contributed by atoms with Crippen LogP contribution < -0.4 is 5.73 Å². The standard InChI is InChI=1S/C14H25N3O/c1-12(2)10-17(8-4-7-15)13(18)9-14(11-16)5-3-6-14/h12H,3-6,8-11,16H2,1-2H3. The summed E-state index contributed by atoms with van der Waals surface area (Å²) < 4.78 is 0. The van der Waals surface area contributed by atoms with E-state index in [1.165, 1.54) is 6.42 Å². The van der Waals surface area contributed by atoms with Crippen LogP contribution in [-0.2, 0) is 4.79 Å². The molecule has 1 aliphatic carbocycles. The van der Waals surface area contributed by atoms with Crippen molar-refractivity contribution in [2.45, 2.75) is 46.0 Å². The zero-order valence-electron chi connectivity index (χ0n) is 11.6. The summed E-state index contributed by atoms with van der Waals surface area (Å²) in [6.45, 7) is 6.07. The average molecular weight is 251 g/mol. The normalized spacial score (nSPS) is 17.1. The van der Waals surface area contributed by atoms with Crippen molar-refractivity contribution in [2.24, 2.45) is 17.1 Å². The molecular weight excluding hydrogens is 226 g/mol. The highest BCUT2D eigenvalue weighted by Gasteiger charge is 2.38. The third-order valence-corrected chi connectivity index (χ3v) is 3.81. The Morgan fingerprint density at radius 2 is 2.17 bits per heavy atom. The number of hydrogen-bond acceptors (Lipinski definition) is 3. The van der Waals surface area contributed by atoms with Crippen molar-refractivity contribution in [1.29, 1.82) is 5.26 Å². The SMILES string of the molecule is CC(C)CN(CCC#N)C(=O)CC1(CN)CCC1. The van der Waals surface area contributed by atoms with Crippen molar-refractivity contribution in [3.8, 4) is 6.07 Å². The van der Waals surface area contributed by atoms with Gasteiger partial charge in [0.2, 0.25) is 5.91 Å². The van der Waals surface area contributed by atoms with E-state index in [1.54, 1.807) is 0 Å². The quantitative estimate of drug-likeness (QED) is 0.751. The molecule has 1 saturated carbocycles. The first-order valence-electron chi connectivity index (χ1n) is 6.88. The molecule has 2 N–H and O–H groups in total. The molecule has 0 aromatic rings. The lowest BCUT2D eigenvalue weighted by molar-refractivity contribution is -0.135. The van der Waals surface area contributed by atoms with Crippen LogP contribution in [0.15, 0.2) is 0 Å². The van der Waals surface area contributed by atoms with E-state index in [0.717, 1.165) is 19.4 Å². The Morgan fingerprint density at radius 1 is 1.50 bits per heavy atom. The van der Waals surface area contributed by atoms with Crippen molar-refractivity contribution < 1.29 is 4.79 Å². The zero-order valence-corrected chi connectivity index (χ0v) is 11.6. The van der Waals surface area contributed by atoms with Gasteiger partial charge < -0.3 is 10.6 Å².